The topological polar surface area (TPSA) is 12.9 Å². The summed E-state index contributed by atoms with van der Waals surface area (Å²) in [7, 11) is 0. The van der Waals surface area contributed by atoms with Crippen LogP contribution in [0.15, 0.2) is 48.7 Å². The van der Waals surface area contributed by atoms with E-state index in [4.69, 9.17) is 0 Å². The third-order valence-electron chi connectivity index (χ3n) is 2.77. The van der Waals surface area contributed by atoms with Crippen LogP contribution in [0.4, 0.5) is 0 Å². The van der Waals surface area contributed by atoms with Gasteiger partial charge in [-0.3, -0.25) is 4.98 Å². The lowest BCUT2D eigenvalue weighted by molar-refractivity contribution is 0.845. The van der Waals surface area contributed by atoms with Gasteiger partial charge in [0.05, 0.1) is 0 Å². The normalized spacial score (nSPS) is 10.7. The Morgan fingerprint density at radius 3 is 2.44 bits per heavy atom. The molecule has 16 heavy (non-hydrogen) atoms. The molecule has 0 fully saturated rings. The van der Waals surface area contributed by atoms with Crippen molar-refractivity contribution in [2.75, 3.05) is 0 Å². The minimum Gasteiger partial charge on any atom is -0.261 e. The maximum Gasteiger partial charge on any atom is 0.0447 e. The van der Waals surface area contributed by atoms with Gasteiger partial charge in [0, 0.05) is 18.3 Å². The lowest BCUT2D eigenvalue weighted by Gasteiger charge is -2.11. The van der Waals surface area contributed by atoms with E-state index in [0.717, 1.165) is 12.1 Å². The second kappa shape index (κ2) is 4.93. The van der Waals surface area contributed by atoms with Gasteiger partial charge in [0.2, 0.25) is 0 Å². The van der Waals surface area contributed by atoms with E-state index in [1.165, 1.54) is 11.1 Å². The molecule has 0 aliphatic carbocycles. The molecule has 0 aliphatic rings. The van der Waals surface area contributed by atoms with E-state index in [1.54, 1.807) is 0 Å². The van der Waals surface area contributed by atoms with Crippen molar-refractivity contribution in [1.82, 2.24) is 4.98 Å². The number of hydrogen-bond acceptors (Lipinski definition) is 1. The Morgan fingerprint density at radius 2 is 1.75 bits per heavy atom. The Morgan fingerprint density at radius 1 is 1.00 bits per heavy atom. The summed E-state index contributed by atoms with van der Waals surface area (Å²) in [5.74, 6) is 0.569. The Bertz CT molecular complexity index is 446. The molecule has 1 aromatic heterocycles. The fraction of sp³-hybridized carbons (Fsp3) is 0.267. The number of benzene rings is 1. The summed E-state index contributed by atoms with van der Waals surface area (Å²) >= 11 is 0. The standard InChI is InChI=1S/C15H17N/c1-12(2)15-9-4-3-7-13(15)11-14-8-5-6-10-16-14/h3-10,12H,11H2,1-2H3. The average molecular weight is 211 g/mol. The maximum atomic E-state index is 4.37. The Kier molecular flexibility index (Phi) is 3.35. The van der Waals surface area contributed by atoms with Crippen LogP contribution in [0.2, 0.25) is 0 Å². The van der Waals surface area contributed by atoms with Gasteiger partial charge in [-0.25, -0.2) is 0 Å². The van der Waals surface area contributed by atoms with Crippen molar-refractivity contribution in [2.45, 2.75) is 26.2 Å². The quantitative estimate of drug-likeness (QED) is 0.752. The van der Waals surface area contributed by atoms with E-state index in [2.05, 4.69) is 49.2 Å². The number of hydrogen-bond donors (Lipinski definition) is 0. The van der Waals surface area contributed by atoms with Crippen LogP contribution in [0.3, 0.4) is 0 Å². The molecule has 1 nitrogen and oxygen atoms in total. The molecule has 0 unspecified atom stereocenters. The smallest absolute Gasteiger partial charge is 0.0447 e. The highest BCUT2D eigenvalue weighted by Crippen LogP contribution is 2.21. The molecule has 1 aromatic carbocycles. The Balaban J connectivity index is 2.28. The van der Waals surface area contributed by atoms with Crippen molar-refractivity contribution < 1.29 is 0 Å². The summed E-state index contributed by atoms with van der Waals surface area (Å²) in [5, 5.41) is 0. The highest BCUT2D eigenvalue weighted by molar-refractivity contribution is 5.32. The lowest BCUT2D eigenvalue weighted by Crippen LogP contribution is -1.98. The molecule has 82 valence electrons. The zero-order valence-corrected chi connectivity index (χ0v) is 9.85. The first-order chi connectivity index (χ1) is 7.77. The van der Waals surface area contributed by atoms with E-state index in [-0.39, 0.29) is 0 Å². The van der Waals surface area contributed by atoms with Gasteiger partial charge in [-0.1, -0.05) is 44.2 Å². The fourth-order valence-electron chi connectivity index (χ4n) is 1.96. The van der Waals surface area contributed by atoms with Gasteiger partial charge in [0.1, 0.15) is 0 Å². The summed E-state index contributed by atoms with van der Waals surface area (Å²) < 4.78 is 0. The fourth-order valence-corrected chi connectivity index (χ4v) is 1.96. The largest absolute Gasteiger partial charge is 0.261 e. The maximum absolute atomic E-state index is 4.37. The Hall–Kier alpha value is -1.63. The molecule has 0 saturated heterocycles. The van der Waals surface area contributed by atoms with Crippen LogP contribution in [0.25, 0.3) is 0 Å². The van der Waals surface area contributed by atoms with Gasteiger partial charge in [0.25, 0.3) is 0 Å². The molecule has 1 heteroatoms. The van der Waals surface area contributed by atoms with Crippen LogP contribution in [0.1, 0.15) is 36.6 Å². The molecule has 0 bridgehead atoms. The van der Waals surface area contributed by atoms with E-state index in [0.29, 0.717) is 5.92 Å². The molecule has 1 heterocycles. The zero-order chi connectivity index (χ0) is 11.4. The predicted molar refractivity (Wildman–Crippen MR) is 67.6 cm³/mol. The van der Waals surface area contributed by atoms with Gasteiger partial charge in [-0.15, -0.1) is 0 Å². The minimum absolute atomic E-state index is 0.569. The van der Waals surface area contributed by atoms with Crippen LogP contribution in [0.5, 0.6) is 0 Å². The van der Waals surface area contributed by atoms with E-state index in [1.807, 2.05) is 18.3 Å². The lowest BCUT2D eigenvalue weighted by atomic mass is 9.94. The SMILES string of the molecule is CC(C)c1ccccc1Cc1ccccn1. The third kappa shape index (κ3) is 2.48. The van der Waals surface area contributed by atoms with Gasteiger partial charge < -0.3 is 0 Å². The van der Waals surface area contributed by atoms with Crippen LogP contribution in [0, 0.1) is 0 Å². The van der Waals surface area contributed by atoms with E-state index >= 15 is 0 Å². The molecule has 0 spiro atoms. The van der Waals surface area contributed by atoms with Crippen molar-refractivity contribution >= 4 is 0 Å². The van der Waals surface area contributed by atoms with Gasteiger partial charge in [-0.2, -0.15) is 0 Å². The zero-order valence-electron chi connectivity index (χ0n) is 9.85. The molecule has 2 aromatic rings. The van der Waals surface area contributed by atoms with Crippen molar-refractivity contribution in [3.8, 4) is 0 Å². The molecular weight excluding hydrogens is 194 g/mol. The number of pyridine rings is 1. The molecule has 0 radical (unpaired) electrons. The van der Waals surface area contributed by atoms with Crippen molar-refractivity contribution in [2.24, 2.45) is 0 Å². The molecule has 0 saturated carbocycles. The first kappa shape index (κ1) is 10.9. The highest BCUT2D eigenvalue weighted by Gasteiger charge is 2.06. The number of nitrogens with zero attached hydrogens (tertiary/aromatic N) is 1. The van der Waals surface area contributed by atoms with E-state index < -0.39 is 0 Å². The Labute approximate surface area is 97.2 Å². The van der Waals surface area contributed by atoms with E-state index in [9.17, 15) is 0 Å². The van der Waals surface area contributed by atoms with Gasteiger partial charge in [0.15, 0.2) is 0 Å². The number of rotatable bonds is 3. The van der Waals surface area contributed by atoms with Crippen molar-refractivity contribution in [3.05, 3.63) is 65.5 Å². The second-order valence-corrected chi connectivity index (χ2v) is 4.35. The van der Waals surface area contributed by atoms with Crippen molar-refractivity contribution in [3.63, 3.8) is 0 Å². The summed E-state index contributed by atoms with van der Waals surface area (Å²) in [6.45, 7) is 4.47. The molecular formula is C15H17N. The highest BCUT2D eigenvalue weighted by atomic mass is 14.7. The minimum atomic E-state index is 0.569. The van der Waals surface area contributed by atoms with Crippen LogP contribution in [-0.4, -0.2) is 4.98 Å². The molecule has 0 aliphatic heterocycles. The molecule has 0 amide bonds. The summed E-state index contributed by atoms with van der Waals surface area (Å²) in [6.07, 6.45) is 2.78. The van der Waals surface area contributed by atoms with Gasteiger partial charge in [-0.05, 0) is 29.2 Å². The monoisotopic (exact) mass is 211 g/mol. The molecule has 0 atom stereocenters. The predicted octanol–water partition coefficient (Wildman–Crippen LogP) is 3.80. The van der Waals surface area contributed by atoms with Crippen molar-refractivity contribution in [1.29, 1.82) is 0 Å². The van der Waals surface area contributed by atoms with Gasteiger partial charge >= 0.3 is 0 Å². The van der Waals surface area contributed by atoms with Crippen LogP contribution < -0.4 is 0 Å². The second-order valence-electron chi connectivity index (χ2n) is 4.35. The van der Waals surface area contributed by atoms with Crippen LogP contribution >= 0.6 is 0 Å². The summed E-state index contributed by atoms with van der Waals surface area (Å²) in [5.41, 5.74) is 3.94. The summed E-state index contributed by atoms with van der Waals surface area (Å²) in [4.78, 5) is 4.37. The van der Waals surface area contributed by atoms with Crippen LogP contribution in [-0.2, 0) is 6.42 Å². The average Bonchev–Trinajstić information content (AvgIpc) is 2.31. The molecule has 2 rings (SSSR count). The first-order valence-electron chi connectivity index (χ1n) is 5.75. The first-order valence-corrected chi connectivity index (χ1v) is 5.75. The summed E-state index contributed by atoms with van der Waals surface area (Å²) in [6, 6.07) is 14.7. The third-order valence-corrected chi connectivity index (χ3v) is 2.77. The number of aromatic nitrogens is 1. The molecule has 0 N–H and O–H groups in total.